The molecule has 0 spiro atoms. The van der Waals surface area contributed by atoms with Gasteiger partial charge in [-0.15, -0.1) is 24.0 Å². The molecule has 130 valence electrons. The first-order chi connectivity index (χ1) is 10.3. The molecule has 1 aliphatic rings. The van der Waals surface area contributed by atoms with Crippen LogP contribution >= 0.6 is 24.0 Å². The Morgan fingerprint density at radius 3 is 2.65 bits per heavy atom. The number of amides is 1. The Kier molecular flexibility index (Phi) is 6.91. The number of halogens is 1. The normalized spacial score (nSPS) is 18.2. The van der Waals surface area contributed by atoms with E-state index in [0.717, 1.165) is 18.1 Å². The molecule has 0 radical (unpaired) electrons. The number of aliphatic imine (C=N–C) groups is 1. The first kappa shape index (κ1) is 19.8. The monoisotopic (exact) mass is 434 g/mol. The maximum absolute atomic E-state index is 12.5. The molecule has 1 aromatic heterocycles. The Labute approximate surface area is 155 Å². The molecule has 0 aromatic carbocycles. The van der Waals surface area contributed by atoms with Crippen molar-refractivity contribution < 1.29 is 9.21 Å². The predicted octanol–water partition coefficient (Wildman–Crippen LogP) is 2.30. The van der Waals surface area contributed by atoms with Crippen LogP contribution in [0, 0.1) is 0 Å². The van der Waals surface area contributed by atoms with Crippen LogP contribution in [0.5, 0.6) is 0 Å². The number of piperazine rings is 1. The lowest BCUT2D eigenvalue weighted by atomic mass is 9.96. The van der Waals surface area contributed by atoms with Crippen LogP contribution < -0.4 is 5.32 Å². The summed E-state index contributed by atoms with van der Waals surface area (Å²) in [6, 6.07) is 2.11. The van der Waals surface area contributed by atoms with Gasteiger partial charge in [-0.2, -0.15) is 0 Å². The van der Waals surface area contributed by atoms with E-state index < -0.39 is 0 Å². The zero-order valence-corrected chi connectivity index (χ0v) is 16.8. The number of carbonyl (C=O) groups is 1. The number of nitrogens with zero attached hydrogens (tertiary/aromatic N) is 3. The second-order valence-electron chi connectivity index (χ2n) is 6.56. The van der Waals surface area contributed by atoms with Gasteiger partial charge in [0.05, 0.1) is 24.6 Å². The zero-order valence-electron chi connectivity index (χ0n) is 14.5. The number of guanidine groups is 1. The van der Waals surface area contributed by atoms with E-state index >= 15 is 0 Å². The SMILES string of the molecule is CN=C(NCc1ccoc1)N1CC(=O)N(C(C)C)C(C)(C)C1.I. The van der Waals surface area contributed by atoms with Gasteiger partial charge in [0.1, 0.15) is 0 Å². The van der Waals surface area contributed by atoms with Crippen LogP contribution in [0.2, 0.25) is 0 Å². The van der Waals surface area contributed by atoms with E-state index in [1.807, 2.05) is 15.9 Å². The largest absolute Gasteiger partial charge is 0.472 e. The summed E-state index contributed by atoms with van der Waals surface area (Å²) in [5.74, 6) is 0.878. The van der Waals surface area contributed by atoms with Gasteiger partial charge in [-0.3, -0.25) is 9.79 Å². The summed E-state index contributed by atoms with van der Waals surface area (Å²) >= 11 is 0. The molecular weight excluding hydrogens is 407 g/mol. The van der Waals surface area contributed by atoms with E-state index in [1.54, 1.807) is 19.6 Å². The molecule has 0 saturated carbocycles. The molecule has 1 N–H and O–H groups in total. The van der Waals surface area contributed by atoms with Gasteiger partial charge < -0.3 is 19.5 Å². The molecule has 6 nitrogen and oxygen atoms in total. The third-order valence-corrected chi connectivity index (χ3v) is 3.88. The molecule has 0 atom stereocenters. The van der Waals surface area contributed by atoms with Crippen molar-refractivity contribution in [2.45, 2.75) is 45.8 Å². The smallest absolute Gasteiger partial charge is 0.242 e. The summed E-state index contributed by atoms with van der Waals surface area (Å²) in [6.07, 6.45) is 3.35. The number of hydrogen-bond donors (Lipinski definition) is 1. The predicted molar refractivity (Wildman–Crippen MR) is 102 cm³/mol. The van der Waals surface area contributed by atoms with Gasteiger partial charge in [0.15, 0.2) is 5.96 Å². The van der Waals surface area contributed by atoms with Crippen LogP contribution in [0.1, 0.15) is 33.3 Å². The molecule has 1 aromatic rings. The van der Waals surface area contributed by atoms with Crippen molar-refractivity contribution in [3.8, 4) is 0 Å². The van der Waals surface area contributed by atoms with Crippen LogP contribution in [0.15, 0.2) is 28.0 Å². The van der Waals surface area contributed by atoms with Crippen molar-refractivity contribution in [3.63, 3.8) is 0 Å². The van der Waals surface area contributed by atoms with Gasteiger partial charge in [-0.1, -0.05) is 0 Å². The highest BCUT2D eigenvalue weighted by atomic mass is 127. The summed E-state index contributed by atoms with van der Waals surface area (Å²) in [4.78, 5) is 20.8. The Hall–Kier alpha value is -1.25. The highest BCUT2D eigenvalue weighted by Crippen LogP contribution is 2.24. The fourth-order valence-electron chi connectivity index (χ4n) is 3.22. The van der Waals surface area contributed by atoms with Crippen LogP contribution in [0.4, 0.5) is 0 Å². The molecule has 2 rings (SSSR count). The molecule has 0 unspecified atom stereocenters. The molecule has 7 heteroatoms. The van der Waals surface area contributed by atoms with Crippen molar-refractivity contribution >= 4 is 35.8 Å². The molecule has 1 fully saturated rings. The molecule has 23 heavy (non-hydrogen) atoms. The second-order valence-corrected chi connectivity index (χ2v) is 6.56. The average Bonchev–Trinajstić information content (AvgIpc) is 2.90. The molecule has 1 amide bonds. The second kappa shape index (κ2) is 8.03. The number of furan rings is 1. The molecule has 2 heterocycles. The fraction of sp³-hybridized carbons (Fsp3) is 0.625. The lowest BCUT2D eigenvalue weighted by Gasteiger charge is -2.49. The summed E-state index contributed by atoms with van der Waals surface area (Å²) in [6.45, 7) is 10.0. The Bertz CT molecular complexity index is 540. The number of carbonyl (C=O) groups excluding carboxylic acids is 1. The van der Waals surface area contributed by atoms with E-state index in [1.165, 1.54) is 0 Å². The van der Waals surface area contributed by atoms with Crippen molar-refractivity contribution in [1.29, 1.82) is 0 Å². The topological polar surface area (TPSA) is 61.1 Å². The highest BCUT2D eigenvalue weighted by molar-refractivity contribution is 14.0. The fourth-order valence-corrected chi connectivity index (χ4v) is 3.22. The minimum absolute atomic E-state index is 0. The van der Waals surface area contributed by atoms with Gasteiger partial charge in [0, 0.05) is 31.7 Å². The quantitative estimate of drug-likeness (QED) is 0.451. The molecular formula is C16H27IN4O2. The van der Waals surface area contributed by atoms with Crippen LogP contribution in [-0.4, -0.2) is 53.4 Å². The summed E-state index contributed by atoms with van der Waals surface area (Å²) in [5.41, 5.74) is 0.823. The summed E-state index contributed by atoms with van der Waals surface area (Å²) in [5, 5.41) is 3.29. The van der Waals surface area contributed by atoms with Gasteiger partial charge in [-0.25, -0.2) is 0 Å². The number of rotatable bonds is 3. The van der Waals surface area contributed by atoms with Gasteiger partial charge in [-0.05, 0) is 33.8 Å². The van der Waals surface area contributed by atoms with E-state index in [2.05, 4.69) is 38.0 Å². The molecule has 0 bridgehead atoms. The Morgan fingerprint density at radius 1 is 1.48 bits per heavy atom. The highest BCUT2D eigenvalue weighted by Gasteiger charge is 2.40. The van der Waals surface area contributed by atoms with Crippen molar-refractivity contribution in [2.24, 2.45) is 4.99 Å². The first-order valence-corrected chi connectivity index (χ1v) is 7.64. The van der Waals surface area contributed by atoms with Gasteiger partial charge in [0.2, 0.25) is 5.91 Å². The van der Waals surface area contributed by atoms with E-state index in [0.29, 0.717) is 13.1 Å². The maximum atomic E-state index is 12.5. The maximum Gasteiger partial charge on any atom is 0.242 e. The minimum Gasteiger partial charge on any atom is -0.472 e. The number of hydrogen-bond acceptors (Lipinski definition) is 3. The van der Waals surface area contributed by atoms with E-state index in [4.69, 9.17) is 4.42 Å². The minimum atomic E-state index is -0.225. The van der Waals surface area contributed by atoms with Crippen LogP contribution in [0.25, 0.3) is 0 Å². The summed E-state index contributed by atoms with van der Waals surface area (Å²) in [7, 11) is 1.74. The Balaban J connectivity index is 0.00000264. The van der Waals surface area contributed by atoms with Crippen molar-refractivity contribution in [1.82, 2.24) is 15.1 Å². The van der Waals surface area contributed by atoms with E-state index in [-0.39, 0.29) is 41.5 Å². The van der Waals surface area contributed by atoms with Gasteiger partial charge >= 0.3 is 0 Å². The third-order valence-electron chi connectivity index (χ3n) is 3.88. The third kappa shape index (κ3) is 4.62. The molecule has 1 aliphatic heterocycles. The van der Waals surface area contributed by atoms with Crippen molar-refractivity contribution in [2.75, 3.05) is 20.1 Å². The standard InChI is InChI=1S/C16H26N4O2.HI/c1-12(2)20-14(21)9-19(11-16(20,3)4)15(17-5)18-8-13-6-7-22-10-13;/h6-7,10,12H,8-9,11H2,1-5H3,(H,17,18);1H. The van der Waals surface area contributed by atoms with Crippen LogP contribution in [-0.2, 0) is 11.3 Å². The molecule has 1 saturated heterocycles. The Morgan fingerprint density at radius 2 is 2.17 bits per heavy atom. The first-order valence-electron chi connectivity index (χ1n) is 7.64. The zero-order chi connectivity index (χ0) is 16.3. The number of nitrogens with one attached hydrogen (secondary N) is 1. The van der Waals surface area contributed by atoms with Crippen molar-refractivity contribution in [3.05, 3.63) is 24.2 Å². The molecule has 0 aliphatic carbocycles. The summed E-state index contributed by atoms with van der Waals surface area (Å²) < 4.78 is 5.06. The van der Waals surface area contributed by atoms with Crippen LogP contribution in [0.3, 0.4) is 0 Å². The lowest BCUT2D eigenvalue weighted by molar-refractivity contribution is -0.145. The van der Waals surface area contributed by atoms with E-state index in [9.17, 15) is 4.79 Å². The lowest BCUT2D eigenvalue weighted by Crippen LogP contribution is -2.66. The van der Waals surface area contributed by atoms with Gasteiger partial charge in [0.25, 0.3) is 0 Å². The average molecular weight is 434 g/mol.